The zero-order chi connectivity index (χ0) is 22.2. The molecule has 0 bridgehead atoms. The van der Waals surface area contributed by atoms with Crippen LogP contribution < -0.4 is 9.80 Å². The van der Waals surface area contributed by atoms with Crippen molar-refractivity contribution in [2.75, 3.05) is 22.9 Å². The van der Waals surface area contributed by atoms with Crippen molar-refractivity contribution in [1.82, 2.24) is 9.55 Å². The number of rotatable bonds is 5. The largest absolute Gasteiger partial charge is 0.337 e. The van der Waals surface area contributed by atoms with E-state index in [1.165, 1.54) is 11.1 Å². The molecule has 2 aliphatic heterocycles. The van der Waals surface area contributed by atoms with E-state index in [0.717, 1.165) is 24.3 Å². The molecule has 2 amide bonds. The average Bonchev–Trinajstić information content (AvgIpc) is 3.51. The molecule has 0 aliphatic carbocycles. The normalized spacial score (nSPS) is 20.1. The molecule has 5 rings (SSSR count). The Bertz CT molecular complexity index is 1160. The van der Waals surface area contributed by atoms with Gasteiger partial charge < -0.3 is 14.4 Å². The van der Waals surface area contributed by atoms with Crippen molar-refractivity contribution in [1.29, 1.82) is 0 Å². The van der Waals surface area contributed by atoms with Crippen LogP contribution in [-0.2, 0) is 22.6 Å². The molecule has 0 saturated carbocycles. The fraction of sp³-hybridized carbons (Fsp3) is 0.320. The zero-order valence-corrected chi connectivity index (χ0v) is 18.7. The van der Waals surface area contributed by atoms with Crippen molar-refractivity contribution in [3.8, 4) is 0 Å². The Morgan fingerprint density at radius 2 is 2.06 bits per heavy atom. The Labute approximate surface area is 192 Å². The van der Waals surface area contributed by atoms with Gasteiger partial charge in [0, 0.05) is 60.8 Å². The maximum absolute atomic E-state index is 13.4. The van der Waals surface area contributed by atoms with Crippen LogP contribution in [0.2, 0.25) is 5.02 Å². The van der Waals surface area contributed by atoms with Crippen LogP contribution in [0, 0.1) is 5.92 Å². The number of amides is 2. The van der Waals surface area contributed by atoms with Gasteiger partial charge in [-0.3, -0.25) is 9.59 Å². The molecule has 6 nitrogen and oxygen atoms in total. The predicted molar refractivity (Wildman–Crippen MR) is 125 cm³/mol. The van der Waals surface area contributed by atoms with Crippen LogP contribution in [0.4, 0.5) is 11.4 Å². The highest BCUT2D eigenvalue weighted by molar-refractivity contribution is 6.31. The molecule has 1 saturated heterocycles. The van der Waals surface area contributed by atoms with Crippen LogP contribution in [-0.4, -0.2) is 34.5 Å². The molecule has 0 spiro atoms. The van der Waals surface area contributed by atoms with Crippen molar-refractivity contribution in [3.63, 3.8) is 0 Å². The van der Waals surface area contributed by atoms with Gasteiger partial charge in [0.15, 0.2) is 0 Å². The third-order valence-corrected chi connectivity index (χ3v) is 6.68. The highest BCUT2D eigenvalue weighted by Crippen LogP contribution is 2.39. The molecule has 1 aromatic heterocycles. The topological polar surface area (TPSA) is 58.4 Å². The van der Waals surface area contributed by atoms with E-state index in [-0.39, 0.29) is 30.1 Å². The fourth-order valence-corrected chi connectivity index (χ4v) is 4.93. The van der Waals surface area contributed by atoms with Gasteiger partial charge in [0.2, 0.25) is 11.8 Å². The number of halogens is 1. The minimum Gasteiger partial charge on any atom is -0.337 e. The molecule has 1 fully saturated rings. The summed E-state index contributed by atoms with van der Waals surface area (Å²) in [6, 6.07) is 13.6. The molecule has 2 atom stereocenters. The van der Waals surface area contributed by atoms with E-state index in [0.29, 0.717) is 18.1 Å². The van der Waals surface area contributed by atoms with Gasteiger partial charge in [-0.05, 0) is 41.8 Å². The number of hydrogen-bond acceptors (Lipinski definition) is 3. The summed E-state index contributed by atoms with van der Waals surface area (Å²) in [6.45, 7) is 4.07. The van der Waals surface area contributed by atoms with Crippen LogP contribution in [0.25, 0.3) is 0 Å². The number of aryl methyl sites for hydroxylation is 2. The average molecular weight is 449 g/mol. The van der Waals surface area contributed by atoms with Gasteiger partial charge in [-0.15, -0.1) is 0 Å². The summed E-state index contributed by atoms with van der Waals surface area (Å²) in [7, 11) is 0. The second-order valence-electron chi connectivity index (χ2n) is 8.68. The van der Waals surface area contributed by atoms with Gasteiger partial charge in [0.05, 0.1) is 12.2 Å². The number of anilines is 2. The minimum absolute atomic E-state index is 0.0274. The summed E-state index contributed by atoms with van der Waals surface area (Å²) < 4.78 is 2.06. The van der Waals surface area contributed by atoms with Crippen LogP contribution in [0.15, 0.2) is 61.2 Å². The van der Waals surface area contributed by atoms with E-state index < -0.39 is 0 Å². The first-order valence-electron chi connectivity index (χ1n) is 11.0. The lowest BCUT2D eigenvalue weighted by atomic mass is 10.00. The molecule has 164 valence electrons. The standard InChI is InChI=1S/C25H25ClN4O2/c1-17-14-30(23-6-5-18(11-22(17)23)7-9-28-10-8-27-16-28)25(32)19-12-24(31)29(15-19)21-4-2-3-20(26)13-21/h2-6,8,10-11,13,16-17,19H,7,9,12,14-15H2,1H3/t17?,19-/m0/s1. The number of nitrogens with zero attached hydrogens (tertiary/aromatic N) is 4. The summed E-state index contributed by atoms with van der Waals surface area (Å²) in [5.74, 6) is -0.0867. The minimum atomic E-state index is -0.347. The Morgan fingerprint density at radius 3 is 2.84 bits per heavy atom. The second kappa shape index (κ2) is 8.43. The van der Waals surface area contributed by atoms with E-state index >= 15 is 0 Å². The lowest BCUT2D eigenvalue weighted by Gasteiger charge is -2.22. The number of carbonyl (C=O) groups is 2. The molecule has 0 N–H and O–H groups in total. The Kier molecular flexibility index (Phi) is 5.47. The third-order valence-electron chi connectivity index (χ3n) is 6.45. The first-order valence-corrected chi connectivity index (χ1v) is 11.3. The summed E-state index contributed by atoms with van der Waals surface area (Å²) in [5, 5.41) is 0.580. The van der Waals surface area contributed by atoms with Crippen molar-refractivity contribution in [2.45, 2.75) is 32.2 Å². The van der Waals surface area contributed by atoms with E-state index in [2.05, 4.69) is 34.7 Å². The molecule has 2 aromatic carbocycles. The van der Waals surface area contributed by atoms with E-state index in [9.17, 15) is 9.59 Å². The first-order chi connectivity index (χ1) is 15.5. The first kappa shape index (κ1) is 20.8. The zero-order valence-electron chi connectivity index (χ0n) is 17.9. The van der Waals surface area contributed by atoms with Crippen LogP contribution in [0.1, 0.15) is 30.4 Å². The highest BCUT2D eigenvalue weighted by atomic mass is 35.5. The fourth-order valence-electron chi connectivity index (χ4n) is 4.74. The molecule has 7 heteroatoms. The summed E-state index contributed by atoms with van der Waals surface area (Å²) in [6.07, 6.45) is 6.72. The maximum atomic E-state index is 13.4. The van der Waals surface area contributed by atoms with Gasteiger partial charge in [-0.2, -0.15) is 0 Å². The highest BCUT2D eigenvalue weighted by Gasteiger charge is 2.40. The molecule has 32 heavy (non-hydrogen) atoms. The second-order valence-corrected chi connectivity index (χ2v) is 9.12. The van der Waals surface area contributed by atoms with Crippen molar-refractivity contribution >= 4 is 34.8 Å². The lowest BCUT2D eigenvalue weighted by Crippen LogP contribution is -2.36. The molecular weight excluding hydrogens is 424 g/mol. The SMILES string of the molecule is CC1CN(C(=O)[C@H]2CC(=O)N(c3cccc(Cl)c3)C2)c2ccc(CCn3ccnc3)cc21. The molecule has 0 radical (unpaired) electrons. The number of carbonyl (C=O) groups excluding carboxylic acids is 2. The Balaban J connectivity index is 1.31. The molecule has 2 aliphatic rings. The number of hydrogen-bond donors (Lipinski definition) is 0. The summed E-state index contributed by atoms with van der Waals surface area (Å²) in [5.41, 5.74) is 4.18. The maximum Gasteiger partial charge on any atom is 0.232 e. The Hall–Kier alpha value is -3.12. The molecular formula is C25H25ClN4O2. The van der Waals surface area contributed by atoms with Crippen LogP contribution in [0.3, 0.4) is 0 Å². The molecule has 1 unspecified atom stereocenters. The van der Waals surface area contributed by atoms with Crippen molar-refractivity contribution < 1.29 is 9.59 Å². The number of imidazole rings is 1. The van der Waals surface area contributed by atoms with E-state index in [1.807, 2.05) is 29.6 Å². The number of aromatic nitrogens is 2. The third kappa shape index (κ3) is 3.91. The predicted octanol–water partition coefficient (Wildman–Crippen LogP) is 4.28. The van der Waals surface area contributed by atoms with Crippen LogP contribution in [0.5, 0.6) is 0 Å². The monoisotopic (exact) mass is 448 g/mol. The van der Waals surface area contributed by atoms with E-state index in [1.54, 1.807) is 23.2 Å². The van der Waals surface area contributed by atoms with Crippen LogP contribution >= 0.6 is 11.6 Å². The quantitative estimate of drug-likeness (QED) is 0.585. The summed E-state index contributed by atoms with van der Waals surface area (Å²) in [4.78, 5) is 33.7. The molecule has 3 heterocycles. The van der Waals surface area contributed by atoms with Gasteiger partial charge in [-0.1, -0.05) is 36.7 Å². The van der Waals surface area contributed by atoms with Gasteiger partial charge in [0.25, 0.3) is 0 Å². The lowest BCUT2D eigenvalue weighted by molar-refractivity contribution is -0.124. The van der Waals surface area contributed by atoms with Crippen molar-refractivity contribution in [2.24, 2.45) is 5.92 Å². The number of benzene rings is 2. The van der Waals surface area contributed by atoms with Gasteiger partial charge in [0.1, 0.15) is 0 Å². The van der Waals surface area contributed by atoms with Gasteiger partial charge >= 0.3 is 0 Å². The number of fused-ring (bicyclic) bond motifs is 1. The Morgan fingerprint density at radius 1 is 1.19 bits per heavy atom. The van der Waals surface area contributed by atoms with E-state index in [4.69, 9.17) is 11.6 Å². The smallest absolute Gasteiger partial charge is 0.232 e. The van der Waals surface area contributed by atoms with Crippen molar-refractivity contribution in [3.05, 3.63) is 77.3 Å². The van der Waals surface area contributed by atoms with Gasteiger partial charge in [-0.25, -0.2) is 4.98 Å². The molecule has 3 aromatic rings. The summed E-state index contributed by atoms with van der Waals surface area (Å²) >= 11 is 6.09.